The molecule has 3 N–H and O–H groups in total. The Morgan fingerprint density at radius 3 is 2.90 bits per heavy atom. The molecule has 0 aliphatic carbocycles. The Morgan fingerprint density at radius 2 is 2.30 bits per heavy atom. The summed E-state index contributed by atoms with van der Waals surface area (Å²) in [7, 11) is 3.14. The first-order valence-electron chi connectivity index (χ1n) is 5.90. The molecule has 7 heteroatoms. The number of carbonyl (C=O) groups excluding carboxylic acids is 1. The number of hydrogen-bond donors (Lipinski definition) is 2. The van der Waals surface area contributed by atoms with Crippen molar-refractivity contribution in [3.8, 4) is 0 Å². The molecular weight excluding hydrogens is 280 g/mol. The fourth-order valence-electron chi connectivity index (χ4n) is 1.83. The number of ether oxygens (including phenoxy) is 1. The van der Waals surface area contributed by atoms with Crippen LogP contribution in [-0.4, -0.2) is 22.9 Å². The Kier molecular flexibility index (Phi) is 4.14. The molecule has 0 fully saturated rings. The van der Waals surface area contributed by atoms with Gasteiger partial charge in [0.05, 0.1) is 29.6 Å². The van der Waals surface area contributed by atoms with Crippen LogP contribution >= 0.6 is 11.6 Å². The zero-order valence-electron chi connectivity index (χ0n) is 11.2. The van der Waals surface area contributed by atoms with Crippen molar-refractivity contribution in [1.82, 2.24) is 9.78 Å². The standard InChI is InChI=1S/C13H15ClN4O2/c1-18-7-8(6-17-18)5-16-12-10(13(19)20-2)3-9(15)4-11(12)14/h3-4,6-7,16H,5,15H2,1-2H3. The number of rotatable bonds is 4. The molecule has 0 unspecified atom stereocenters. The van der Waals surface area contributed by atoms with Crippen LogP contribution in [0, 0.1) is 0 Å². The van der Waals surface area contributed by atoms with Crippen LogP contribution < -0.4 is 11.1 Å². The van der Waals surface area contributed by atoms with Crippen molar-refractivity contribution in [2.45, 2.75) is 6.54 Å². The second kappa shape index (κ2) is 5.83. The number of aryl methyl sites for hydroxylation is 1. The third-order valence-corrected chi connectivity index (χ3v) is 3.04. The van der Waals surface area contributed by atoms with Gasteiger partial charge in [0, 0.05) is 31.0 Å². The van der Waals surface area contributed by atoms with E-state index in [4.69, 9.17) is 22.1 Å². The van der Waals surface area contributed by atoms with Gasteiger partial charge < -0.3 is 15.8 Å². The molecule has 0 saturated heterocycles. The van der Waals surface area contributed by atoms with Gasteiger partial charge in [0.1, 0.15) is 0 Å². The molecule has 106 valence electrons. The van der Waals surface area contributed by atoms with Gasteiger partial charge >= 0.3 is 5.97 Å². The summed E-state index contributed by atoms with van der Waals surface area (Å²) < 4.78 is 6.43. The summed E-state index contributed by atoms with van der Waals surface area (Å²) >= 11 is 6.14. The van der Waals surface area contributed by atoms with Crippen LogP contribution in [0.2, 0.25) is 5.02 Å². The van der Waals surface area contributed by atoms with Crippen LogP contribution in [-0.2, 0) is 18.3 Å². The van der Waals surface area contributed by atoms with Gasteiger partial charge in [0.15, 0.2) is 0 Å². The van der Waals surface area contributed by atoms with Crippen LogP contribution in [0.15, 0.2) is 24.5 Å². The minimum Gasteiger partial charge on any atom is -0.465 e. The topological polar surface area (TPSA) is 82.2 Å². The number of carbonyl (C=O) groups is 1. The van der Waals surface area contributed by atoms with Crippen LogP contribution in [0.5, 0.6) is 0 Å². The number of nitrogens with zero attached hydrogens (tertiary/aromatic N) is 2. The highest BCUT2D eigenvalue weighted by molar-refractivity contribution is 6.34. The average molecular weight is 295 g/mol. The molecule has 0 bridgehead atoms. The minimum atomic E-state index is -0.493. The van der Waals surface area contributed by atoms with E-state index in [1.54, 1.807) is 16.9 Å². The van der Waals surface area contributed by atoms with E-state index in [1.165, 1.54) is 13.2 Å². The van der Waals surface area contributed by atoms with Gasteiger partial charge in [0.25, 0.3) is 0 Å². The van der Waals surface area contributed by atoms with E-state index in [0.717, 1.165) is 5.56 Å². The summed E-state index contributed by atoms with van der Waals surface area (Å²) in [4.78, 5) is 11.8. The summed E-state index contributed by atoms with van der Waals surface area (Å²) in [6.07, 6.45) is 3.60. The van der Waals surface area contributed by atoms with E-state index in [1.807, 2.05) is 13.2 Å². The minimum absolute atomic E-state index is 0.307. The average Bonchev–Trinajstić information content (AvgIpc) is 2.81. The van der Waals surface area contributed by atoms with Gasteiger partial charge in [-0.2, -0.15) is 5.10 Å². The second-order valence-electron chi connectivity index (χ2n) is 4.29. The zero-order valence-corrected chi connectivity index (χ0v) is 11.9. The first kappa shape index (κ1) is 14.2. The maximum atomic E-state index is 11.8. The predicted octanol–water partition coefficient (Wildman–Crippen LogP) is 2.05. The largest absolute Gasteiger partial charge is 0.465 e. The SMILES string of the molecule is COC(=O)c1cc(N)cc(Cl)c1NCc1cnn(C)c1. The highest BCUT2D eigenvalue weighted by atomic mass is 35.5. The Balaban J connectivity index is 2.27. The monoisotopic (exact) mass is 294 g/mol. The molecule has 20 heavy (non-hydrogen) atoms. The zero-order chi connectivity index (χ0) is 14.7. The molecule has 1 aromatic heterocycles. The smallest absolute Gasteiger partial charge is 0.340 e. The maximum Gasteiger partial charge on any atom is 0.340 e. The molecule has 0 saturated carbocycles. The quantitative estimate of drug-likeness (QED) is 0.666. The number of anilines is 2. The van der Waals surface area contributed by atoms with Crippen LogP contribution in [0.3, 0.4) is 0 Å². The highest BCUT2D eigenvalue weighted by Crippen LogP contribution is 2.30. The van der Waals surface area contributed by atoms with Gasteiger partial charge in [0.2, 0.25) is 0 Å². The Labute approximate surface area is 121 Å². The van der Waals surface area contributed by atoms with Crippen molar-refractivity contribution in [1.29, 1.82) is 0 Å². The molecule has 0 aliphatic heterocycles. The second-order valence-corrected chi connectivity index (χ2v) is 4.70. The summed E-state index contributed by atoms with van der Waals surface area (Å²) in [5.74, 6) is -0.493. The number of nitrogens with one attached hydrogen (secondary N) is 1. The number of esters is 1. The van der Waals surface area contributed by atoms with Crippen LogP contribution in [0.4, 0.5) is 11.4 Å². The number of methoxy groups -OCH3 is 1. The first-order chi connectivity index (χ1) is 9.51. The predicted molar refractivity (Wildman–Crippen MR) is 77.7 cm³/mol. The van der Waals surface area contributed by atoms with Gasteiger partial charge in [-0.05, 0) is 12.1 Å². The Bertz CT molecular complexity index is 639. The maximum absolute atomic E-state index is 11.8. The van der Waals surface area contributed by atoms with Gasteiger partial charge in [-0.3, -0.25) is 4.68 Å². The van der Waals surface area contributed by atoms with Gasteiger partial charge in [-0.1, -0.05) is 11.6 Å². The number of halogens is 1. The highest BCUT2D eigenvalue weighted by Gasteiger charge is 2.16. The van der Waals surface area contributed by atoms with E-state index in [-0.39, 0.29) is 0 Å². The Hall–Kier alpha value is -2.21. The van der Waals surface area contributed by atoms with E-state index in [0.29, 0.717) is 28.5 Å². The van der Waals surface area contributed by atoms with Crippen molar-refractivity contribution < 1.29 is 9.53 Å². The lowest BCUT2D eigenvalue weighted by molar-refractivity contribution is 0.0602. The molecule has 0 amide bonds. The lowest BCUT2D eigenvalue weighted by Gasteiger charge is -2.13. The fourth-order valence-corrected chi connectivity index (χ4v) is 2.13. The van der Waals surface area contributed by atoms with E-state index in [9.17, 15) is 4.79 Å². The molecule has 1 heterocycles. The number of benzene rings is 1. The number of hydrogen-bond acceptors (Lipinski definition) is 5. The van der Waals surface area contributed by atoms with Crippen LogP contribution in [0.1, 0.15) is 15.9 Å². The molecule has 2 rings (SSSR count). The summed E-state index contributed by atoms with van der Waals surface area (Å²) in [5.41, 5.74) is 7.88. The van der Waals surface area contributed by atoms with Crippen molar-refractivity contribution in [2.24, 2.45) is 7.05 Å². The van der Waals surface area contributed by atoms with Crippen molar-refractivity contribution in [3.63, 3.8) is 0 Å². The van der Waals surface area contributed by atoms with Gasteiger partial charge in [-0.15, -0.1) is 0 Å². The molecule has 1 aromatic carbocycles. The third-order valence-electron chi connectivity index (χ3n) is 2.75. The lowest BCUT2D eigenvalue weighted by atomic mass is 10.1. The van der Waals surface area contributed by atoms with Crippen LogP contribution in [0.25, 0.3) is 0 Å². The van der Waals surface area contributed by atoms with E-state index in [2.05, 4.69) is 10.4 Å². The molecule has 2 aromatic rings. The molecule has 0 radical (unpaired) electrons. The molecular formula is C13H15ClN4O2. The van der Waals surface area contributed by atoms with Gasteiger partial charge in [-0.25, -0.2) is 4.79 Å². The first-order valence-corrected chi connectivity index (χ1v) is 6.27. The van der Waals surface area contributed by atoms with Crippen molar-refractivity contribution in [2.75, 3.05) is 18.2 Å². The normalized spacial score (nSPS) is 10.3. The number of aromatic nitrogens is 2. The lowest BCUT2D eigenvalue weighted by Crippen LogP contribution is -2.09. The molecule has 0 aliphatic rings. The number of nitrogens with two attached hydrogens (primary N) is 1. The van der Waals surface area contributed by atoms with E-state index < -0.39 is 5.97 Å². The molecule has 0 spiro atoms. The Morgan fingerprint density at radius 1 is 1.55 bits per heavy atom. The molecule has 6 nitrogen and oxygen atoms in total. The summed E-state index contributed by atoms with van der Waals surface area (Å²) in [6.45, 7) is 0.488. The summed E-state index contributed by atoms with van der Waals surface area (Å²) in [5, 5.41) is 7.55. The van der Waals surface area contributed by atoms with E-state index >= 15 is 0 Å². The summed E-state index contributed by atoms with van der Waals surface area (Å²) in [6, 6.07) is 3.11. The fraction of sp³-hybridized carbons (Fsp3) is 0.231. The number of nitrogen functional groups attached to an aromatic ring is 1. The van der Waals surface area contributed by atoms with Crippen molar-refractivity contribution >= 4 is 28.9 Å². The third kappa shape index (κ3) is 3.03. The van der Waals surface area contributed by atoms with Crippen molar-refractivity contribution in [3.05, 3.63) is 40.7 Å². The molecule has 0 atom stereocenters.